The maximum atomic E-state index is 13.2. The Morgan fingerprint density at radius 3 is 2.52 bits per heavy atom. The summed E-state index contributed by atoms with van der Waals surface area (Å²) in [4.78, 5) is 23.2. The summed E-state index contributed by atoms with van der Waals surface area (Å²) < 4.78 is 14.1. The minimum atomic E-state index is -1.24. The Bertz CT molecular complexity index is 731. The van der Waals surface area contributed by atoms with Crippen LogP contribution in [0.2, 0.25) is 0 Å². The Balaban J connectivity index is 2.33. The average Bonchev–Trinajstić information content (AvgIpc) is 2.41. The number of carboxylic acid groups (broad SMARTS) is 1. The van der Waals surface area contributed by atoms with E-state index in [-0.39, 0.29) is 11.3 Å². The van der Waals surface area contributed by atoms with E-state index in [1.54, 1.807) is 18.2 Å². The highest BCUT2D eigenvalue weighted by molar-refractivity contribution is 9.10. The van der Waals surface area contributed by atoms with E-state index in [0.29, 0.717) is 5.56 Å². The second-order valence-corrected chi connectivity index (χ2v) is 5.27. The van der Waals surface area contributed by atoms with Crippen molar-refractivity contribution in [2.24, 2.45) is 0 Å². The fourth-order valence-corrected chi connectivity index (χ4v) is 2.03. The minimum Gasteiger partial charge on any atom is -0.478 e. The van der Waals surface area contributed by atoms with Gasteiger partial charge in [0.2, 0.25) is 0 Å². The van der Waals surface area contributed by atoms with Gasteiger partial charge in [-0.1, -0.05) is 15.9 Å². The van der Waals surface area contributed by atoms with Gasteiger partial charge in [-0.15, -0.1) is 0 Å². The van der Waals surface area contributed by atoms with Crippen molar-refractivity contribution in [1.29, 1.82) is 0 Å². The molecule has 0 aliphatic rings. The summed E-state index contributed by atoms with van der Waals surface area (Å²) in [6, 6.07) is 8.08. The zero-order chi connectivity index (χ0) is 15.6. The third-order valence-corrected chi connectivity index (χ3v) is 3.77. The highest BCUT2D eigenvalue weighted by Gasteiger charge is 2.15. The largest absolute Gasteiger partial charge is 0.478 e. The summed E-state index contributed by atoms with van der Waals surface area (Å²) in [6.45, 7) is 1.83. The van der Waals surface area contributed by atoms with E-state index in [0.717, 1.165) is 28.2 Å². The summed E-state index contributed by atoms with van der Waals surface area (Å²) in [5.41, 5.74) is 0.975. The van der Waals surface area contributed by atoms with Gasteiger partial charge in [-0.05, 0) is 48.9 Å². The molecule has 2 aromatic carbocycles. The molecule has 0 aliphatic heterocycles. The van der Waals surface area contributed by atoms with Gasteiger partial charge in [-0.25, -0.2) is 9.18 Å². The van der Waals surface area contributed by atoms with Crippen molar-refractivity contribution in [1.82, 2.24) is 0 Å². The molecular weight excluding hydrogens is 341 g/mol. The summed E-state index contributed by atoms with van der Waals surface area (Å²) in [5.74, 6) is -2.36. The van der Waals surface area contributed by atoms with Crippen LogP contribution in [0.25, 0.3) is 0 Å². The van der Waals surface area contributed by atoms with Gasteiger partial charge in [-0.2, -0.15) is 0 Å². The first-order valence-electron chi connectivity index (χ1n) is 5.99. The van der Waals surface area contributed by atoms with Gasteiger partial charge in [0.1, 0.15) is 5.82 Å². The second-order valence-electron chi connectivity index (χ2n) is 4.41. The van der Waals surface area contributed by atoms with Crippen LogP contribution in [-0.4, -0.2) is 17.0 Å². The number of halogens is 2. The Labute approximate surface area is 128 Å². The first kappa shape index (κ1) is 15.2. The molecular formula is C15H11BrFNO3. The Kier molecular flexibility index (Phi) is 4.37. The number of aromatic carboxylic acids is 1. The van der Waals surface area contributed by atoms with Gasteiger partial charge in [0, 0.05) is 10.0 Å². The number of carbonyl (C=O) groups is 2. The van der Waals surface area contributed by atoms with Gasteiger partial charge in [0.15, 0.2) is 0 Å². The standard InChI is InChI=1S/C15H11BrFNO3/c1-8-6-9(2-5-12(8)16)14(19)18-13-7-10(17)3-4-11(13)15(20)21/h2-7H,1H3,(H,18,19)(H,20,21). The number of rotatable bonds is 3. The molecule has 0 spiro atoms. The van der Waals surface area contributed by atoms with Crippen LogP contribution < -0.4 is 5.32 Å². The van der Waals surface area contributed by atoms with Gasteiger partial charge >= 0.3 is 5.97 Å². The van der Waals surface area contributed by atoms with Crippen LogP contribution in [0.3, 0.4) is 0 Å². The molecule has 0 radical (unpaired) electrons. The van der Waals surface area contributed by atoms with Crippen molar-refractivity contribution in [3.8, 4) is 0 Å². The molecule has 0 fully saturated rings. The molecule has 0 heterocycles. The Hall–Kier alpha value is -2.21. The van der Waals surface area contributed by atoms with Gasteiger partial charge in [-0.3, -0.25) is 4.79 Å². The molecule has 6 heteroatoms. The highest BCUT2D eigenvalue weighted by atomic mass is 79.9. The number of carbonyl (C=O) groups excluding carboxylic acids is 1. The number of hydrogen-bond donors (Lipinski definition) is 2. The molecule has 0 bridgehead atoms. The van der Waals surface area contributed by atoms with Crippen molar-refractivity contribution in [3.63, 3.8) is 0 Å². The third-order valence-electron chi connectivity index (χ3n) is 2.88. The van der Waals surface area contributed by atoms with E-state index >= 15 is 0 Å². The molecule has 2 aromatic rings. The molecule has 0 saturated carbocycles. The predicted octanol–water partition coefficient (Wildman–Crippen LogP) is 3.85. The van der Waals surface area contributed by atoms with E-state index in [1.165, 1.54) is 0 Å². The SMILES string of the molecule is Cc1cc(C(=O)Nc2cc(F)ccc2C(=O)O)ccc1Br. The number of anilines is 1. The van der Waals surface area contributed by atoms with Crippen LogP contribution in [0.15, 0.2) is 40.9 Å². The molecule has 0 aliphatic carbocycles. The lowest BCUT2D eigenvalue weighted by Gasteiger charge is -2.09. The van der Waals surface area contributed by atoms with Gasteiger partial charge in [0.05, 0.1) is 11.3 Å². The number of aryl methyl sites for hydroxylation is 1. The average molecular weight is 352 g/mol. The topological polar surface area (TPSA) is 66.4 Å². The maximum Gasteiger partial charge on any atom is 0.337 e. The summed E-state index contributed by atoms with van der Waals surface area (Å²) in [6.07, 6.45) is 0. The summed E-state index contributed by atoms with van der Waals surface area (Å²) in [5, 5.41) is 11.5. The number of nitrogens with one attached hydrogen (secondary N) is 1. The zero-order valence-electron chi connectivity index (χ0n) is 11.0. The molecule has 4 nitrogen and oxygen atoms in total. The summed E-state index contributed by atoms with van der Waals surface area (Å²) in [7, 11) is 0. The highest BCUT2D eigenvalue weighted by Crippen LogP contribution is 2.20. The van der Waals surface area contributed by atoms with Crippen molar-refractivity contribution in [2.45, 2.75) is 6.92 Å². The molecule has 0 saturated heterocycles. The molecule has 1 amide bonds. The van der Waals surface area contributed by atoms with E-state index in [4.69, 9.17) is 5.11 Å². The number of amides is 1. The van der Waals surface area contributed by atoms with Gasteiger partial charge in [0.25, 0.3) is 5.91 Å². The first-order chi connectivity index (χ1) is 9.88. The zero-order valence-corrected chi connectivity index (χ0v) is 12.6. The Morgan fingerprint density at radius 2 is 1.90 bits per heavy atom. The van der Waals surface area contributed by atoms with E-state index in [9.17, 15) is 14.0 Å². The molecule has 2 rings (SSSR count). The van der Waals surface area contributed by atoms with Crippen LogP contribution in [-0.2, 0) is 0 Å². The van der Waals surface area contributed by atoms with Gasteiger partial charge < -0.3 is 10.4 Å². The minimum absolute atomic E-state index is 0.0759. The molecule has 2 N–H and O–H groups in total. The number of hydrogen-bond acceptors (Lipinski definition) is 2. The van der Waals surface area contributed by atoms with Crippen LogP contribution in [0.5, 0.6) is 0 Å². The number of benzene rings is 2. The van der Waals surface area contributed by atoms with Crippen molar-refractivity contribution in [2.75, 3.05) is 5.32 Å². The number of carboxylic acids is 1. The first-order valence-corrected chi connectivity index (χ1v) is 6.78. The second kappa shape index (κ2) is 6.05. The van der Waals surface area contributed by atoms with Crippen molar-refractivity contribution >= 4 is 33.5 Å². The predicted molar refractivity (Wildman–Crippen MR) is 80.2 cm³/mol. The summed E-state index contributed by atoms with van der Waals surface area (Å²) >= 11 is 3.33. The van der Waals surface area contributed by atoms with E-state index < -0.39 is 17.7 Å². The fraction of sp³-hybridized carbons (Fsp3) is 0.0667. The lowest BCUT2D eigenvalue weighted by atomic mass is 10.1. The molecule has 21 heavy (non-hydrogen) atoms. The Morgan fingerprint density at radius 1 is 1.19 bits per heavy atom. The van der Waals surface area contributed by atoms with Crippen LogP contribution in [0.1, 0.15) is 26.3 Å². The van der Waals surface area contributed by atoms with Crippen LogP contribution in [0, 0.1) is 12.7 Å². The van der Waals surface area contributed by atoms with Crippen molar-refractivity contribution < 1.29 is 19.1 Å². The van der Waals surface area contributed by atoms with E-state index in [2.05, 4.69) is 21.2 Å². The monoisotopic (exact) mass is 351 g/mol. The maximum absolute atomic E-state index is 13.2. The van der Waals surface area contributed by atoms with Crippen molar-refractivity contribution in [3.05, 3.63) is 63.4 Å². The molecule has 0 atom stereocenters. The molecule has 0 aromatic heterocycles. The third kappa shape index (κ3) is 3.46. The normalized spacial score (nSPS) is 10.2. The molecule has 108 valence electrons. The lowest BCUT2D eigenvalue weighted by molar-refractivity contribution is 0.0698. The smallest absolute Gasteiger partial charge is 0.337 e. The van der Waals surface area contributed by atoms with Crippen LogP contribution in [0.4, 0.5) is 10.1 Å². The molecule has 0 unspecified atom stereocenters. The lowest BCUT2D eigenvalue weighted by Crippen LogP contribution is -2.15. The van der Waals surface area contributed by atoms with Crippen LogP contribution >= 0.6 is 15.9 Å². The van der Waals surface area contributed by atoms with E-state index in [1.807, 2.05) is 6.92 Å². The fourth-order valence-electron chi connectivity index (χ4n) is 1.79. The quantitative estimate of drug-likeness (QED) is 0.882.